The first-order valence-electron chi connectivity index (χ1n) is 6.52. The SMILES string of the molecule is CC(CC(=O)Nc1ccc(Cl)cc1N)CC(C)(C)C. The monoisotopic (exact) mass is 282 g/mol. The maximum absolute atomic E-state index is 11.9. The normalized spacial score (nSPS) is 13.1. The summed E-state index contributed by atoms with van der Waals surface area (Å²) in [7, 11) is 0. The molecule has 3 N–H and O–H groups in total. The highest BCUT2D eigenvalue weighted by Crippen LogP contribution is 2.27. The quantitative estimate of drug-likeness (QED) is 0.808. The molecule has 0 aliphatic heterocycles. The highest BCUT2D eigenvalue weighted by molar-refractivity contribution is 6.31. The Labute approximate surface area is 120 Å². The molecule has 1 unspecified atom stereocenters. The molecule has 0 bridgehead atoms. The van der Waals surface area contributed by atoms with Gasteiger partial charge in [0.25, 0.3) is 0 Å². The number of benzene rings is 1. The van der Waals surface area contributed by atoms with Gasteiger partial charge >= 0.3 is 0 Å². The second-order valence-electron chi connectivity index (χ2n) is 6.35. The van der Waals surface area contributed by atoms with Crippen LogP contribution in [-0.4, -0.2) is 5.91 Å². The first-order valence-corrected chi connectivity index (χ1v) is 6.90. The minimum absolute atomic E-state index is 0.00854. The van der Waals surface area contributed by atoms with Crippen LogP contribution in [0.1, 0.15) is 40.5 Å². The molecule has 1 atom stereocenters. The predicted molar refractivity (Wildman–Crippen MR) is 82.3 cm³/mol. The summed E-state index contributed by atoms with van der Waals surface area (Å²) in [5.41, 5.74) is 7.15. The third-order valence-corrected chi connectivity index (χ3v) is 3.02. The first kappa shape index (κ1) is 15.8. The van der Waals surface area contributed by atoms with E-state index in [1.54, 1.807) is 18.2 Å². The second-order valence-corrected chi connectivity index (χ2v) is 6.79. The zero-order valence-electron chi connectivity index (χ0n) is 12.1. The molecule has 0 spiro atoms. The lowest BCUT2D eigenvalue weighted by atomic mass is 9.84. The van der Waals surface area contributed by atoms with Crippen LogP contribution in [0.15, 0.2) is 18.2 Å². The van der Waals surface area contributed by atoms with Gasteiger partial charge in [-0.2, -0.15) is 0 Å². The van der Waals surface area contributed by atoms with Gasteiger partial charge in [0.2, 0.25) is 5.91 Å². The molecule has 19 heavy (non-hydrogen) atoms. The van der Waals surface area contributed by atoms with Crippen LogP contribution in [0.4, 0.5) is 11.4 Å². The molecule has 0 saturated carbocycles. The summed E-state index contributed by atoms with van der Waals surface area (Å²) in [4.78, 5) is 11.9. The molecule has 1 aromatic carbocycles. The van der Waals surface area contributed by atoms with E-state index in [4.69, 9.17) is 17.3 Å². The van der Waals surface area contributed by atoms with Gasteiger partial charge in [0, 0.05) is 11.4 Å². The molecule has 0 heterocycles. The van der Waals surface area contributed by atoms with Crippen molar-refractivity contribution in [3.05, 3.63) is 23.2 Å². The summed E-state index contributed by atoms with van der Waals surface area (Å²) in [6.45, 7) is 8.63. The Hall–Kier alpha value is -1.22. The minimum atomic E-state index is -0.00854. The largest absolute Gasteiger partial charge is 0.397 e. The number of nitrogens with two attached hydrogens (primary N) is 1. The van der Waals surface area contributed by atoms with Gasteiger partial charge in [-0.15, -0.1) is 0 Å². The van der Waals surface area contributed by atoms with Crippen molar-refractivity contribution in [3.8, 4) is 0 Å². The number of hydrogen-bond donors (Lipinski definition) is 2. The highest BCUT2D eigenvalue weighted by Gasteiger charge is 2.18. The predicted octanol–water partition coefficient (Wildman–Crippen LogP) is 4.32. The molecule has 0 aliphatic rings. The third-order valence-electron chi connectivity index (χ3n) is 2.78. The van der Waals surface area contributed by atoms with Crippen LogP contribution in [-0.2, 0) is 4.79 Å². The average Bonchev–Trinajstić information content (AvgIpc) is 2.19. The van der Waals surface area contributed by atoms with Gasteiger partial charge in [-0.25, -0.2) is 0 Å². The molecular weight excluding hydrogens is 260 g/mol. The van der Waals surface area contributed by atoms with E-state index in [1.807, 2.05) is 0 Å². The molecule has 0 radical (unpaired) electrons. The van der Waals surface area contributed by atoms with E-state index >= 15 is 0 Å². The average molecular weight is 283 g/mol. The van der Waals surface area contributed by atoms with E-state index in [9.17, 15) is 4.79 Å². The van der Waals surface area contributed by atoms with Gasteiger partial charge in [-0.1, -0.05) is 39.3 Å². The van der Waals surface area contributed by atoms with Crippen molar-refractivity contribution in [3.63, 3.8) is 0 Å². The van der Waals surface area contributed by atoms with Crippen LogP contribution < -0.4 is 11.1 Å². The van der Waals surface area contributed by atoms with Crippen LogP contribution >= 0.6 is 11.6 Å². The Bertz CT molecular complexity index is 452. The van der Waals surface area contributed by atoms with Crippen LogP contribution in [0.25, 0.3) is 0 Å². The van der Waals surface area contributed by atoms with Crippen molar-refractivity contribution in [2.75, 3.05) is 11.1 Å². The van der Waals surface area contributed by atoms with Gasteiger partial charge in [0.05, 0.1) is 11.4 Å². The van der Waals surface area contributed by atoms with E-state index in [0.717, 1.165) is 6.42 Å². The van der Waals surface area contributed by atoms with Gasteiger partial charge < -0.3 is 11.1 Å². The van der Waals surface area contributed by atoms with Gasteiger partial charge in [0.1, 0.15) is 0 Å². The van der Waals surface area contributed by atoms with Crippen molar-refractivity contribution in [1.82, 2.24) is 0 Å². The van der Waals surface area contributed by atoms with Crippen LogP contribution in [0.5, 0.6) is 0 Å². The Balaban J connectivity index is 2.56. The van der Waals surface area contributed by atoms with Gasteiger partial charge in [0.15, 0.2) is 0 Å². The topological polar surface area (TPSA) is 55.1 Å². The number of carbonyl (C=O) groups is 1. The highest BCUT2D eigenvalue weighted by atomic mass is 35.5. The van der Waals surface area contributed by atoms with E-state index in [-0.39, 0.29) is 11.3 Å². The van der Waals surface area contributed by atoms with E-state index in [2.05, 4.69) is 33.0 Å². The second kappa shape index (κ2) is 6.29. The third kappa shape index (κ3) is 5.97. The molecule has 0 aromatic heterocycles. The zero-order chi connectivity index (χ0) is 14.6. The van der Waals surface area contributed by atoms with Crippen LogP contribution in [0.3, 0.4) is 0 Å². The smallest absolute Gasteiger partial charge is 0.224 e. The minimum Gasteiger partial charge on any atom is -0.397 e. The van der Waals surface area contributed by atoms with Crippen molar-refractivity contribution >= 4 is 28.9 Å². The summed E-state index contributed by atoms with van der Waals surface area (Å²) in [5.74, 6) is 0.333. The summed E-state index contributed by atoms with van der Waals surface area (Å²) in [6, 6.07) is 5.08. The summed E-state index contributed by atoms with van der Waals surface area (Å²) in [6.07, 6.45) is 1.51. The fourth-order valence-corrected chi connectivity index (χ4v) is 2.46. The number of nitrogen functional groups attached to an aromatic ring is 1. The van der Waals surface area contributed by atoms with E-state index in [0.29, 0.717) is 28.7 Å². The maximum atomic E-state index is 11.9. The lowest BCUT2D eigenvalue weighted by Gasteiger charge is -2.22. The number of hydrogen-bond acceptors (Lipinski definition) is 2. The van der Waals surface area contributed by atoms with E-state index < -0.39 is 0 Å². The number of rotatable bonds is 4. The molecule has 0 aliphatic carbocycles. The molecule has 106 valence electrons. The van der Waals surface area contributed by atoms with Crippen molar-refractivity contribution in [1.29, 1.82) is 0 Å². The molecule has 0 fully saturated rings. The molecule has 0 saturated heterocycles. The number of anilines is 2. The molecule has 1 amide bonds. The number of halogens is 1. The summed E-state index contributed by atoms with van der Waals surface area (Å²) >= 11 is 5.82. The molecule has 1 rings (SSSR count). The first-order chi connectivity index (χ1) is 8.67. The fraction of sp³-hybridized carbons (Fsp3) is 0.533. The van der Waals surface area contributed by atoms with Crippen LogP contribution in [0, 0.1) is 11.3 Å². The van der Waals surface area contributed by atoms with Gasteiger partial charge in [-0.05, 0) is 36.0 Å². The molecule has 1 aromatic rings. The fourth-order valence-electron chi connectivity index (χ4n) is 2.28. The maximum Gasteiger partial charge on any atom is 0.224 e. The van der Waals surface area contributed by atoms with Crippen molar-refractivity contribution in [2.45, 2.75) is 40.5 Å². The van der Waals surface area contributed by atoms with E-state index in [1.165, 1.54) is 0 Å². The lowest BCUT2D eigenvalue weighted by molar-refractivity contribution is -0.117. The zero-order valence-corrected chi connectivity index (χ0v) is 12.8. The lowest BCUT2D eigenvalue weighted by Crippen LogP contribution is -2.19. The number of carbonyl (C=O) groups excluding carboxylic acids is 1. The number of nitrogens with one attached hydrogen (secondary N) is 1. The van der Waals surface area contributed by atoms with Crippen molar-refractivity contribution in [2.24, 2.45) is 11.3 Å². The standard InChI is InChI=1S/C15H23ClN2O/c1-10(9-15(2,3)4)7-14(19)18-13-6-5-11(16)8-12(13)17/h5-6,8,10H,7,9,17H2,1-4H3,(H,18,19). The Morgan fingerprint density at radius 1 is 1.42 bits per heavy atom. The Kier molecular flexibility index (Phi) is 5.24. The molecular formula is C15H23ClN2O. The van der Waals surface area contributed by atoms with Crippen LogP contribution in [0.2, 0.25) is 5.02 Å². The Morgan fingerprint density at radius 2 is 2.05 bits per heavy atom. The summed E-state index contributed by atoms with van der Waals surface area (Å²) < 4.78 is 0. The van der Waals surface area contributed by atoms with Crippen molar-refractivity contribution < 1.29 is 4.79 Å². The molecule has 4 heteroatoms. The summed E-state index contributed by atoms with van der Waals surface area (Å²) in [5, 5.41) is 3.40. The molecule has 3 nitrogen and oxygen atoms in total. The Morgan fingerprint density at radius 3 is 2.58 bits per heavy atom. The number of amides is 1. The van der Waals surface area contributed by atoms with Gasteiger partial charge in [-0.3, -0.25) is 4.79 Å².